The van der Waals surface area contributed by atoms with Gasteiger partial charge < -0.3 is 9.30 Å². The number of aromatic nitrogens is 1. The fourth-order valence-corrected chi connectivity index (χ4v) is 3.04. The lowest BCUT2D eigenvalue weighted by atomic mass is 9.97. The van der Waals surface area contributed by atoms with Gasteiger partial charge in [-0.2, -0.15) is 0 Å². The van der Waals surface area contributed by atoms with Crippen molar-refractivity contribution in [2.45, 2.75) is 59.4 Å². The lowest BCUT2D eigenvalue weighted by Gasteiger charge is -2.19. The zero-order chi connectivity index (χ0) is 14.7. The van der Waals surface area contributed by atoms with Crippen molar-refractivity contribution in [3.05, 3.63) is 33.2 Å². The van der Waals surface area contributed by atoms with Crippen LogP contribution in [0.25, 0.3) is 0 Å². The van der Waals surface area contributed by atoms with Crippen molar-refractivity contribution in [3.8, 4) is 0 Å². The molecule has 1 aromatic rings. The first-order chi connectivity index (χ1) is 9.54. The Labute approximate surface area is 122 Å². The maximum atomic E-state index is 12.8. The smallest absolute Gasteiger partial charge is 0.254 e. The van der Waals surface area contributed by atoms with Gasteiger partial charge in [-0.3, -0.25) is 4.79 Å². The van der Waals surface area contributed by atoms with Crippen LogP contribution in [0, 0.1) is 12.8 Å². The van der Waals surface area contributed by atoms with Gasteiger partial charge in [-0.15, -0.1) is 0 Å². The van der Waals surface area contributed by atoms with E-state index in [4.69, 9.17) is 4.74 Å². The van der Waals surface area contributed by atoms with E-state index in [0.29, 0.717) is 12.5 Å². The van der Waals surface area contributed by atoms with Gasteiger partial charge in [0.2, 0.25) is 0 Å². The normalized spacial score (nSPS) is 18.9. The third kappa shape index (κ3) is 3.14. The van der Waals surface area contributed by atoms with Crippen LogP contribution < -0.4 is 5.56 Å². The number of rotatable bonds is 5. The van der Waals surface area contributed by atoms with Gasteiger partial charge in [0.15, 0.2) is 0 Å². The first-order valence-electron chi connectivity index (χ1n) is 7.85. The van der Waals surface area contributed by atoms with Crippen molar-refractivity contribution in [1.29, 1.82) is 0 Å². The Hall–Kier alpha value is -1.09. The average Bonchev–Trinajstić information content (AvgIpc) is 2.92. The van der Waals surface area contributed by atoms with Gasteiger partial charge in [-0.05, 0) is 43.7 Å². The van der Waals surface area contributed by atoms with Crippen LogP contribution >= 0.6 is 0 Å². The minimum atomic E-state index is 0.212. The van der Waals surface area contributed by atoms with Gasteiger partial charge >= 0.3 is 0 Å². The maximum absolute atomic E-state index is 12.8. The summed E-state index contributed by atoms with van der Waals surface area (Å²) in [5, 5.41) is 0. The van der Waals surface area contributed by atoms with Crippen molar-refractivity contribution in [2.75, 3.05) is 13.2 Å². The molecule has 3 heteroatoms. The number of nitrogens with zero attached hydrogens (tertiary/aromatic N) is 1. The summed E-state index contributed by atoms with van der Waals surface area (Å²) in [6, 6.07) is 2.10. The highest BCUT2D eigenvalue weighted by Crippen LogP contribution is 2.24. The lowest BCUT2D eigenvalue weighted by Crippen LogP contribution is -2.29. The van der Waals surface area contributed by atoms with Crippen molar-refractivity contribution in [1.82, 2.24) is 4.57 Å². The molecule has 0 saturated carbocycles. The summed E-state index contributed by atoms with van der Waals surface area (Å²) in [5.74, 6) is 0.905. The van der Waals surface area contributed by atoms with E-state index in [1.165, 1.54) is 11.3 Å². The Bertz CT molecular complexity index is 510. The summed E-state index contributed by atoms with van der Waals surface area (Å²) in [7, 11) is 0. The topological polar surface area (TPSA) is 31.2 Å². The highest BCUT2D eigenvalue weighted by molar-refractivity contribution is 5.28. The summed E-state index contributed by atoms with van der Waals surface area (Å²) in [6.07, 6.45) is 2.95. The van der Waals surface area contributed by atoms with Crippen LogP contribution in [0.5, 0.6) is 0 Å². The molecule has 1 atom stereocenters. The van der Waals surface area contributed by atoms with Crippen LogP contribution in [0.3, 0.4) is 0 Å². The highest BCUT2D eigenvalue weighted by atomic mass is 16.5. The fraction of sp³-hybridized carbons (Fsp3) is 0.706. The van der Waals surface area contributed by atoms with Gasteiger partial charge in [0.1, 0.15) is 0 Å². The zero-order valence-electron chi connectivity index (χ0n) is 13.2. The van der Waals surface area contributed by atoms with E-state index in [1.54, 1.807) is 0 Å². The fourth-order valence-electron chi connectivity index (χ4n) is 3.04. The molecule has 0 radical (unpaired) electrons. The average molecular weight is 277 g/mol. The molecular formula is C17H27NO2. The molecule has 0 aliphatic carbocycles. The van der Waals surface area contributed by atoms with E-state index in [2.05, 4.69) is 33.8 Å². The van der Waals surface area contributed by atoms with Crippen LogP contribution in [-0.4, -0.2) is 17.8 Å². The molecule has 1 aliphatic rings. The molecule has 1 aliphatic heterocycles. The second-order valence-electron chi connectivity index (χ2n) is 6.28. The Balaban J connectivity index is 2.42. The van der Waals surface area contributed by atoms with E-state index >= 15 is 0 Å². The molecule has 1 unspecified atom stereocenters. The molecule has 1 saturated heterocycles. The van der Waals surface area contributed by atoms with Crippen molar-refractivity contribution < 1.29 is 4.74 Å². The molecule has 2 rings (SSSR count). The SMILES string of the molecule is CCc1c(C)cc(C2CCOC2)c(=O)n1CCC(C)C. The minimum absolute atomic E-state index is 0.212. The van der Waals surface area contributed by atoms with Crippen molar-refractivity contribution in [3.63, 3.8) is 0 Å². The van der Waals surface area contributed by atoms with E-state index in [0.717, 1.165) is 38.0 Å². The molecule has 0 bridgehead atoms. The number of aryl methyl sites for hydroxylation is 1. The number of hydrogen-bond acceptors (Lipinski definition) is 2. The Morgan fingerprint density at radius 1 is 1.45 bits per heavy atom. The first kappa shape index (κ1) is 15.3. The molecular weight excluding hydrogens is 250 g/mol. The van der Waals surface area contributed by atoms with Gasteiger partial charge in [0, 0.05) is 30.3 Å². The quantitative estimate of drug-likeness (QED) is 0.827. The summed E-state index contributed by atoms with van der Waals surface area (Å²) in [4.78, 5) is 12.8. The Kier molecular flexibility index (Phi) is 5.03. The summed E-state index contributed by atoms with van der Waals surface area (Å²) in [6.45, 7) is 11.0. The monoisotopic (exact) mass is 277 g/mol. The molecule has 2 heterocycles. The predicted octanol–water partition coefficient (Wildman–Crippen LogP) is 3.27. The predicted molar refractivity (Wildman–Crippen MR) is 82.4 cm³/mol. The lowest BCUT2D eigenvalue weighted by molar-refractivity contribution is 0.193. The maximum Gasteiger partial charge on any atom is 0.254 e. The van der Waals surface area contributed by atoms with Gasteiger partial charge in [0.05, 0.1) is 6.61 Å². The first-order valence-corrected chi connectivity index (χ1v) is 7.85. The summed E-state index contributed by atoms with van der Waals surface area (Å²) < 4.78 is 7.47. The Morgan fingerprint density at radius 2 is 2.20 bits per heavy atom. The van der Waals surface area contributed by atoms with E-state index in [9.17, 15) is 4.79 Å². The third-order valence-electron chi connectivity index (χ3n) is 4.28. The number of hydrogen-bond donors (Lipinski definition) is 0. The van der Waals surface area contributed by atoms with Gasteiger partial charge in [-0.1, -0.05) is 20.8 Å². The van der Waals surface area contributed by atoms with Crippen LogP contribution in [0.1, 0.15) is 56.4 Å². The molecule has 0 aromatic carbocycles. The number of ether oxygens (including phenoxy) is 1. The highest BCUT2D eigenvalue weighted by Gasteiger charge is 2.23. The summed E-state index contributed by atoms with van der Waals surface area (Å²) >= 11 is 0. The van der Waals surface area contributed by atoms with Crippen LogP contribution in [-0.2, 0) is 17.7 Å². The molecule has 0 amide bonds. The van der Waals surface area contributed by atoms with Crippen LogP contribution in [0.15, 0.2) is 10.9 Å². The molecule has 1 fully saturated rings. The minimum Gasteiger partial charge on any atom is -0.381 e. The van der Waals surface area contributed by atoms with E-state index in [1.807, 2.05) is 4.57 Å². The second kappa shape index (κ2) is 6.57. The van der Waals surface area contributed by atoms with Crippen LogP contribution in [0.2, 0.25) is 0 Å². The molecule has 1 aromatic heterocycles. The number of pyridine rings is 1. The third-order valence-corrected chi connectivity index (χ3v) is 4.28. The van der Waals surface area contributed by atoms with Gasteiger partial charge in [0.25, 0.3) is 5.56 Å². The second-order valence-corrected chi connectivity index (χ2v) is 6.28. The van der Waals surface area contributed by atoms with Crippen molar-refractivity contribution >= 4 is 0 Å². The largest absolute Gasteiger partial charge is 0.381 e. The zero-order valence-corrected chi connectivity index (χ0v) is 13.2. The van der Waals surface area contributed by atoms with Gasteiger partial charge in [-0.25, -0.2) is 0 Å². The molecule has 0 N–H and O–H groups in total. The molecule has 3 nitrogen and oxygen atoms in total. The summed E-state index contributed by atoms with van der Waals surface area (Å²) in [5.41, 5.74) is 3.61. The Morgan fingerprint density at radius 3 is 2.75 bits per heavy atom. The molecule has 0 spiro atoms. The van der Waals surface area contributed by atoms with Crippen LogP contribution in [0.4, 0.5) is 0 Å². The van der Waals surface area contributed by atoms with E-state index in [-0.39, 0.29) is 11.5 Å². The standard InChI is InChI=1S/C17H27NO2/c1-5-16-13(4)10-15(14-7-9-20-11-14)17(19)18(16)8-6-12(2)3/h10,12,14H,5-9,11H2,1-4H3. The molecule has 20 heavy (non-hydrogen) atoms. The van der Waals surface area contributed by atoms with E-state index < -0.39 is 0 Å². The molecule has 112 valence electrons. The van der Waals surface area contributed by atoms with Crippen molar-refractivity contribution in [2.24, 2.45) is 5.92 Å².